The molecule has 0 aromatic heterocycles. The molecule has 2 N–H and O–H groups in total. The molecule has 0 heterocycles. The van der Waals surface area contributed by atoms with Gasteiger partial charge in [0.1, 0.15) is 5.75 Å². The fraction of sp³-hybridized carbons (Fsp3) is 0.600. The Hall–Kier alpha value is -1.16. The molecule has 2 nitrogen and oxygen atoms in total. The van der Waals surface area contributed by atoms with E-state index < -0.39 is 5.92 Å². The Bertz CT molecular complexity index is 395. The Labute approximate surface area is 112 Å². The van der Waals surface area contributed by atoms with E-state index in [0.29, 0.717) is 12.8 Å². The molecule has 4 heteroatoms. The zero-order chi connectivity index (χ0) is 13.9. The highest BCUT2D eigenvalue weighted by molar-refractivity contribution is 5.27. The van der Waals surface area contributed by atoms with Gasteiger partial charge in [-0.1, -0.05) is 12.1 Å². The monoisotopic (exact) mass is 269 g/mol. The fourth-order valence-corrected chi connectivity index (χ4v) is 2.69. The molecule has 0 aliphatic heterocycles. The van der Waals surface area contributed by atoms with E-state index in [1.807, 2.05) is 24.3 Å². The molecular formula is C15H21F2NO. The Morgan fingerprint density at radius 1 is 1.26 bits per heavy atom. The average molecular weight is 269 g/mol. The van der Waals surface area contributed by atoms with E-state index in [9.17, 15) is 8.78 Å². The molecule has 0 saturated heterocycles. The third kappa shape index (κ3) is 3.90. The second-order valence-corrected chi connectivity index (χ2v) is 5.41. The van der Waals surface area contributed by atoms with Crippen molar-refractivity contribution in [3.63, 3.8) is 0 Å². The van der Waals surface area contributed by atoms with Crippen LogP contribution in [-0.4, -0.2) is 19.1 Å². The summed E-state index contributed by atoms with van der Waals surface area (Å²) in [5.41, 5.74) is 7.29. The van der Waals surface area contributed by atoms with E-state index in [1.54, 1.807) is 7.11 Å². The lowest BCUT2D eigenvalue weighted by Gasteiger charge is -2.32. The van der Waals surface area contributed by atoms with Crippen molar-refractivity contribution in [3.05, 3.63) is 29.8 Å². The summed E-state index contributed by atoms with van der Waals surface area (Å²) in [6.45, 7) is 0. The molecule has 2 rings (SSSR count). The quantitative estimate of drug-likeness (QED) is 0.909. The van der Waals surface area contributed by atoms with Crippen molar-refractivity contribution in [3.8, 4) is 5.75 Å². The molecular weight excluding hydrogens is 248 g/mol. The maximum absolute atomic E-state index is 13.1. The minimum atomic E-state index is -2.48. The molecule has 1 aliphatic rings. The number of alkyl halides is 2. The van der Waals surface area contributed by atoms with Gasteiger partial charge in [0.05, 0.1) is 7.11 Å². The SMILES string of the molecule is COc1ccc(CC(N)C2CCC(F)(F)CC2)cc1. The maximum atomic E-state index is 13.1. The topological polar surface area (TPSA) is 35.2 Å². The third-order valence-corrected chi connectivity index (χ3v) is 4.00. The van der Waals surface area contributed by atoms with Gasteiger partial charge in [0.15, 0.2) is 0 Å². The molecule has 19 heavy (non-hydrogen) atoms. The Morgan fingerprint density at radius 3 is 2.37 bits per heavy atom. The van der Waals surface area contributed by atoms with Crippen molar-refractivity contribution in [1.82, 2.24) is 0 Å². The van der Waals surface area contributed by atoms with E-state index in [4.69, 9.17) is 10.5 Å². The number of nitrogens with two attached hydrogens (primary N) is 1. The highest BCUT2D eigenvalue weighted by Gasteiger charge is 2.36. The van der Waals surface area contributed by atoms with Crippen LogP contribution in [-0.2, 0) is 6.42 Å². The number of hydrogen-bond donors (Lipinski definition) is 1. The lowest BCUT2D eigenvalue weighted by Crippen LogP contribution is -2.37. The Kier molecular flexibility index (Phi) is 4.40. The highest BCUT2D eigenvalue weighted by Crippen LogP contribution is 2.37. The number of rotatable bonds is 4. The standard InChI is InChI=1S/C15H21F2NO/c1-19-13-4-2-11(3-5-13)10-14(18)12-6-8-15(16,17)9-7-12/h2-5,12,14H,6-10,18H2,1H3. The van der Waals surface area contributed by atoms with E-state index >= 15 is 0 Å². The summed E-state index contributed by atoms with van der Waals surface area (Å²) in [6, 6.07) is 7.73. The van der Waals surface area contributed by atoms with E-state index in [2.05, 4.69) is 0 Å². The van der Waals surface area contributed by atoms with E-state index in [-0.39, 0.29) is 24.8 Å². The second kappa shape index (κ2) is 5.87. The molecule has 0 bridgehead atoms. The first-order chi connectivity index (χ1) is 9.00. The van der Waals surface area contributed by atoms with Crippen molar-refractivity contribution in [2.45, 2.75) is 44.1 Å². The predicted octanol–water partition coefficient (Wildman–Crippen LogP) is 3.39. The van der Waals surface area contributed by atoms with E-state index in [1.165, 1.54) is 0 Å². The lowest BCUT2D eigenvalue weighted by molar-refractivity contribution is -0.0481. The fourth-order valence-electron chi connectivity index (χ4n) is 2.69. The predicted molar refractivity (Wildman–Crippen MR) is 71.6 cm³/mol. The van der Waals surface area contributed by atoms with Crippen molar-refractivity contribution >= 4 is 0 Å². The summed E-state index contributed by atoms with van der Waals surface area (Å²) in [5, 5.41) is 0. The van der Waals surface area contributed by atoms with Crippen LogP contribution in [0.25, 0.3) is 0 Å². The van der Waals surface area contributed by atoms with Gasteiger partial charge in [0.2, 0.25) is 5.92 Å². The second-order valence-electron chi connectivity index (χ2n) is 5.41. The van der Waals surface area contributed by atoms with Crippen LogP contribution in [0.2, 0.25) is 0 Å². The number of hydrogen-bond acceptors (Lipinski definition) is 2. The zero-order valence-corrected chi connectivity index (χ0v) is 11.2. The number of methoxy groups -OCH3 is 1. The first-order valence-corrected chi connectivity index (χ1v) is 6.76. The van der Waals surface area contributed by atoms with Crippen molar-refractivity contribution in [1.29, 1.82) is 0 Å². The smallest absolute Gasteiger partial charge is 0.248 e. The van der Waals surface area contributed by atoms with Gasteiger partial charge < -0.3 is 10.5 Å². The number of halogens is 2. The molecule has 1 aromatic carbocycles. The van der Waals surface area contributed by atoms with Crippen molar-refractivity contribution in [2.24, 2.45) is 11.7 Å². The van der Waals surface area contributed by atoms with Crippen molar-refractivity contribution in [2.75, 3.05) is 7.11 Å². The van der Waals surface area contributed by atoms with Crippen LogP contribution in [0.15, 0.2) is 24.3 Å². The molecule has 1 aliphatic carbocycles. The normalized spacial score (nSPS) is 21.1. The van der Waals surface area contributed by atoms with E-state index in [0.717, 1.165) is 17.7 Å². The summed E-state index contributed by atoms with van der Waals surface area (Å²) < 4.78 is 31.3. The van der Waals surface area contributed by atoms with Gasteiger partial charge in [-0.05, 0) is 42.9 Å². The minimum Gasteiger partial charge on any atom is -0.497 e. The molecule has 0 radical (unpaired) electrons. The van der Waals surface area contributed by atoms with Crippen LogP contribution in [0.3, 0.4) is 0 Å². The summed E-state index contributed by atoms with van der Waals surface area (Å²) >= 11 is 0. The highest BCUT2D eigenvalue weighted by atomic mass is 19.3. The molecule has 1 unspecified atom stereocenters. The number of benzene rings is 1. The van der Waals surface area contributed by atoms with Crippen LogP contribution in [0.4, 0.5) is 8.78 Å². The van der Waals surface area contributed by atoms with Gasteiger partial charge >= 0.3 is 0 Å². The van der Waals surface area contributed by atoms with Gasteiger partial charge in [-0.15, -0.1) is 0 Å². The Balaban J connectivity index is 1.88. The lowest BCUT2D eigenvalue weighted by atomic mass is 9.80. The van der Waals surface area contributed by atoms with Crippen LogP contribution in [0, 0.1) is 5.92 Å². The largest absolute Gasteiger partial charge is 0.497 e. The van der Waals surface area contributed by atoms with Crippen molar-refractivity contribution < 1.29 is 13.5 Å². The van der Waals surface area contributed by atoms with Gasteiger partial charge in [-0.2, -0.15) is 0 Å². The molecule has 1 atom stereocenters. The summed E-state index contributed by atoms with van der Waals surface area (Å²) in [7, 11) is 1.63. The number of ether oxygens (including phenoxy) is 1. The molecule has 1 saturated carbocycles. The zero-order valence-electron chi connectivity index (χ0n) is 11.2. The summed E-state index contributed by atoms with van der Waals surface area (Å²) in [6.07, 6.45) is 1.76. The van der Waals surface area contributed by atoms with Gasteiger partial charge in [-0.25, -0.2) is 8.78 Å². The van der Waals surface area contributed by atoms with Gasteiger partial charge in [0.25, 0.3) is 0 Å². The van der Waals surface area contributed by atoms with Crippen LogP contribution >= 0.6 is 0 Å². The molecule has 1 aromatic rings. The van der Waals surface area contributed by atoms with Gasteiger partial charge in [-0.3, -0.25) is 0 Å². The third-order valence-electron chi connectivity index (χ3n) is 4.00. The first kappa shape index (κ1) is 14.3. The first-order valence-electron chi connectivity index (χ1n) is 6.76. The molecule has 0 spiro atoms. The minimum absolute atomic E-state index is 0.0199. The molecule has 0 amide bonds. The van der Waals surface area contributed by atoms with Crippen LogP contribution in [0.5, 0.6) is 5.75 Å². The average Bonchev–Trinajstić information content (AvgIpc) is 2.39. The summed E-state index contributed by atoms with van der Waals surface area (Å²) in [4.78, 5) is 0. The van der Waals surface area contributed by atoms with Crippen LogP contribution in [0.1, 0.15) is 31.2 Å². The maximum Gasteiger partial charge on any atom is 0.248 e. The molecule has 1 fully saturated rings. The molecule has 106 valence electrons. The summed E-state index contributed by atoms with van der Waals surface area (Å²) in [5.74, 6) is -1.45. The van der Waals surface area contributed by atoms with Gasteiger partial charge in [0, 0.05) is 18.9 Å². The Morgan fingerprint density at radius 2 is 1.84 bits per heavy atom. The van der Waals surface area contributed by atoms with Crippen LogP contribution < -0.4 is 10.5 Å².